The zero-order chi connectivity index (χ0) is 13.0. The molecule has 1 atom stereocenters. The first-order valence-electron chi connectivity index (χ1n) is 5.97. The molecule has 0 radical (unpaired) electrons. The fourth-order valence-corrected chi connectivity index (χ4v) is 2.10. The molecular weight excluding hydrogens is 228 g/mol. The van der Waals surface area contributed by atoms with Gasteiger partial charge in [-0.15, -0.1) is 6.58 Å². The lowest BCUT2D eigenvalue weighted by atomic mass is 10.0. The molecule has 0 aliphatic carbocycles. The third kappa shape index (κ3) is 2.42. The molecule has 1 saturated heterocycles. The molecule has 1 aromatic rings. The van der Waals surface area contributed by atoms with Crippen molar-refractivity contribution >= 4 is 11.8 Å². The van der Waals surface area contributed by atoms with E-state index in [4.69, 9.17) is 0 Å². The van der Waals surface area contributed by atoms with Crippen LogP contribution in [0.25, 0.3) is 0 Å². The second kappa shape index (κ2) is 5.49. The van der Waals surface area contributed by atoms with Gasteiger partial charge in [-0.2, -0.15) is 0 Å². The summed E-state index contributed by atoms with van der Waals surface area (Å²) >= 11 is 0. The lowest BCUT2D eigenvalue weighted by Crippen LogP contribution is -2.53. The van der Waals surface area contributed by atoms with Crippen molar-refractivity contribution in [2.75, 3.05) is 13.1 Å². The van der Waals surface area contributed by atoms with Crippen LogP contribution in [0, 0.1) is 0 Å². The summed E-state index contributed by atoms with van der Waals surface area (Å²) in [5.41, 5.74) is 0.840. The molecule has 4 heteroatoms. The van der Waals surface area contributed by atoms with Crippen LogP contribution < -0.4 is 5.32 Å². The van der Waals surface area contributed by atoms with Gasteiger partial charge in [0.25, 0.3) is 0 Å². The van der Waals surface area contributed by atoms with E-state index in [1.165, 1.54) is 0 Å². The number of piperazine rings is 1. The predicted octanol–water partition coefficient (Wildman–Crippen LogP) is 1.26. The zero-order valence-electron chi connectivity index (χ0n) is 10.1. The van der Waals surface area contributed by atoms with Crippen LogP contribution in [0.4, 0.5) is 0 Å². The Hall–Kier alpha value is -2.10. The molecule has 18 heavy (non-hydrogen) atoms. The Morgan fingerprint density at radius 1 is 1.33 bits per heavy atom. The number of nitrogens with one attached hydrogen (secondary N) is 1. The molecule has 0 aromatic heterocycles. The van der Waals surface area contributed by atoms with Crippen LogP contribution in [0.15, 0.2) is 43.0 Å². The third-order valence-corrected chi connectivity index (χ3v) is 2.98. The van der Waals surface area contributed by atoms with E-state index in [-0.39, 0.29) is 18.4 Å². The average molecular weight is 244 g/mol. The minimum Gasteiger partial charge on any atom is -0.345 e. The number of amides is 2. The quantitative estimate of drug-likeness (QED) is 0.811. The first-order valence-corrected chi connectivity index (χ1v) is 5.97. The van der Waals surface area contributed by atoms with Crippen molar-refractivity contribution < 1.29 is 9.59 Å². The second-order valence-corrected chi connectivity index (χ2v) is 4.20. The summed E-state index contributed by atoms with van der Waals surface area (Å²) in [5, 5.41) is 2.63. The van der Waals surface area contributed by atoms with Crippen LogP contribution in [-0.2, 0) is 9.59 Å². The Labute approximate surface area is 106 Å². The molecule has 2 rings (SSSR count). The number of carbonyl (C=O) groups excluding carboxylic acids is 2. The smallest absolute Gasteiger partial charge is 0.247 e. The fourth-order valence-electron chi connectivity index (χ4n) is 2.10. The summed E-state index contributed by atoms with van der Waals surface area (Å²) in [6.07, 6.45) is 2.43. The van der Waals surface area contributed by atoms with Gasteiger partial charge in [0.2, 0.25) is 11.8 Å². The highest BCUT2D eigenvalue weighted by Gasteiger charge is 2.34. The number of hydrogen-bond donors (Lipinski definition) is 1. The molecule has 1 unspecified atom stereocenters. The van der Waals surface area contributed by atoms with Crippen molar-refractivity contribution in [1.29, 1.82) is 0 Å². The van der Waals surface area contributed by atoms with Gasteiger partial charge in [0.05, 0.1) is 6.54 Å². The van der Waals surface area contributed by atoms with Crippen molar-refractivity contribution in [3.8, 4) is 0 Å². The van der Waals surface area contributed by atoms with Gasteiger partial charge in [-0.25, -0.2) is 0 Å². The highest BCUT2D eigenvalue weighted by molar-refractivity contribution is 5.95. The molecule has 1 heterocycles. The van der Waals surface area contributed by atoms with E-state index in [9.17, 15) is 9.59 Å². The second-order valence-electron chi connectivity index (χ2n) is 4.20. The van der Waals surface area contributed by atoms with E-state index >= 15 is 0 Å². The van der Waals surface area contributed by atoms with Crippen LogP contribution in [0.3, 0.4) is 0 Å². The molecule has 4 nitrogen and oxygen atoms in total. The molecule has 0 bridgehead atoms. The van der Waals surface area contributed by atoms with Gasteiger partial charge in [0.15, 0.2) is 0 Å². The largest absolute Gasteiger partial charge is 0.345 e. The molecule has 94 valence electrons. The Bertz CT molecular complexity index is 456. The van der Waals surface area contributed by atoms with Crippen molar-refractivity contribution in [2.24, 2.45) is 0 Å². The minimum atomic E-state index is -0.521. The molecule has 0 spiro atoms. The molecule has 2 amide bonds. The van der Waals surface area contributed by atoms with Crippen LogP contribution >= 0.6 is 0 Å². The van der Waals surface area contributed by atoms with Gasteiger partial charge in [-0.3, -0.25) is 9.59 Å². The van der Waals surface area contributed by atoms with Gasteiger partial charge < -0.3 is 10.2 Å². The van der Waals surface area contributed by atoms with Crippen molar-refractivity contribution in [1.82, 2.24) is 10.2 Å². The van der Waals surface area contributed by atoms with Crippen LogP contribution in [0.2, 0.25) is 0 Å². The molecule has 1 fully saturated rings. The summed E-state index contributed by atoms with van der Waals surface area (Å²) in [4.78, 5) is 25.5. The highest BCUT2D eigenvalue weighted by atomic mass is 16.2. The van der Waals surface area contributed by atoms with E-state index in [0.29, 0.717) is 13.0 Å². The Morgan fingerprint density at radius 2 is 2.06 bits per heavy atom. The standard InChI is InChI=1S/C14H16N2O2/c1-2-3-9-16-12(17)10-15-14(18)13(16)11-7-5-4-6-8-11/h2,4-8,13H,1,3,9-10H2,(H,15,18). The number of benzene rings is 1. The fraction of sp³-hybridized carbons (Fsp3) is 0.286. The number of carbonyl (C=O) groups is 2. The van der Waals surface area contributed by atoms with E-state index in [0.717, 1.165) is 5.56 Å². The summed E-state index contributed by atoms with van der Waals surface area (Å²) in [5.74, 6) is -0.171. The van der Waals surface area contributed by atoms with Crippen molar-refractivity contribution in [3.63, 3.8) is 0 Å². The highest BCUT2D eigenvalue weighted by Crippen LogP contribution is 2.23. The lowest BCUT2D eigenvalue weighted by molar-refractivity contribution is -0.145. The van der Waals surface area contributed by atoms with E-state index in [2.05, 4.69) is 11.9 Å². The third-order valence-electron chi connectivity index (χ3n) is 2.98. The summed E-state index contributed by atoms with van der Waals surface area (Å²) in [6.45, 7) is 4.25. The normalized spacial score (nSPS) is 19.6. The first kappa shape index (κ1) is 12.4. The summed E-state index contributed by atoms with van der Waals surface area (Å²) in [7, 11) is 0. The van der Waals surface area contributed by atoms with Crippen LogP contribution in [-0.4, -0.2) is 29.8 Å². The minimum absolute atomic E-state index is 0.0506. The van der Waals surface area contributed by atoms with Gasteiger partial charge in [0.1, 0.15) is 6.04 Å². The molecule has 1 N–H and O–H groups in total. The van der Waals surface area contributed by atoms with Crippen molar-refractivity contribution in [3.05, 3.63) is 48.6 Å². The zero-order valence-corrected chi connectivity index (χ0v) is 10.1. The molecule has 0 saturated carbocycles. The van der Waals surface area contributed by atoms with Gasteiger partial charge >= 0.3 is 0 Å². The molecule has 1 aliphatic rings. The SMILES string of the molecule is C=CCCN1C(=O)CNC(=O)C1c1ccccc1. The lowest BCUT2D eigenvalue weighted by Gasteiger charge is -2.35. The number of hydrogen-bond acceptors (Lipinski definition) is 2. The first-order chi connectivity index (χ1) is 8.74. The number of rotatable bonds is 4. The van der Waals surface area contributed by atoms with E-state index in [1.54, 1.807) is 11.0 Å². The monoisotopic (exact) mass is 244 g/mol. The molecular formula is C14H16N2O2. The summed E-state index contributed by atoms with van der Waals surface area (Å²) < 4.78 is 0. The topological polar surface area (TPSA) is 49.4 Å². The van der Waals surface area contributed by atoms with Crippen LogP contribution in [0.1, 0.15) is 18.0 Å². The predicted molar refractivity (Wildman–Crippen MR) is 68.7 cm³/mol. The van der Waals surface area contributed by atoms with E-state index < -0.39 is 6.04 Å². The Balaban J connectivity index is 2.28. The van der Waals surface area contributed by atoms with Gasteiger partial charge in [0, 0.05) is 6.54 Å². The number of nitrogens with zero attached hydrogens (tertiary/aromatic N) is 1. The maximum Gasteiger partial charge on any atom is 0.247 e. The average Bonchev–Trinajstić information content (AvgIpc) is 2.40. The Kier molecular flexibility index (Phi) is 3.77. The molecule has 1 aliphatic heterocycles. The van der Waals surface area contributed by atoms with Crippen LogP contribution in [0.5, 0.6) is 0 Å². The maximum atomic E-state index is 12.0. The van der Waals surface area contributed by atoms with E-state index in [1.807, 2.05) is 30.3 Å². The maximum absolute atomic E-state index is 12.0. The molecule has 1 aromatic carbocycles. The van der Waals surface area contributed by atoms with Gasteiger partial charge in [-0.1, -0.05) is 36.4 Å². The Morgan fingerprint density at radius 3 is 2.72 bits per heavy atom. The summed E-state index contributed by atoms with van der Waals surface area (Å²) in [6, 6.07) is 8.83. The van der Waals surface area contributed by atoms with Gasteiger partial charge in [-0.05, 0) is 12.0 Å². The van der Waals surface area contributed by atoms with Crippen molar-refractivity contribution in [2.45, 2.75) is 12.5 Å².